The van der Waals surface area contributed by atoms with Crippen molar-refractivity contribution in [2.24, 2.45) is 0 Å². The summed E-state index contributed by atoms with van der Waals surface area (Å²) in [7, 11) is 1.54. The lowest BCUT2D eigenvalue weighted by atomic mass is 10.2. The number of likely N-dealkylation sites (tertiary alicyclic amines) is 1. The zero-order chi connectivity index (χ0) is 15.4. The number of nitrogens with one attached hydrogen (secondary N) is 1. The van der Waals surface area contributed by atoms with Crippen molar-refractivity contribution < 1.29 is 14.4 Å². The first kappa shape index (κ1) is 15.0. The van der Waals surface area contributed by atoms with Gasteiger partial charge in [-0.2, -0.15) is 0 Å². The minimum absolute atomic E-state index is 0.0935. The molecule has 0 unspecified atom stereocenters. The van der Waals surface area contributed by atoms with Gasteiger partial charge in [0.15, 0.2) is 0 Å². The fourth-order valence-corrected chi connectivity index (χ4v) is 2.47. The molecule has 3 amide bonds. The molecule has 0 radical (unpaired) electrons. The molecule has 1 fully saturated rings. The van der Waals surface area contributed by atoms with Gasteiger partial charge in [0.1, 0.15) is 12.7 Å². The summed E-state index contributed by atoms with van der Waals surface area (Å²) in [5, 5.41) is 2.56. The number of amides is 3. The lowest BCUT2D eigenvalue weighted by Gasteiger charge is -2.30. The third-order valence-corrected chi connectivity index (χ3v) is 3.62. The normalized spacial score (nSPS) is 17.7. The van der Waals surface area contributed by atoms with Gasteiger partial charge in [0.05, 0.1) is 0 Å². The Morgan fingerprint density at radius 3 is 2.57 bits per heavy atom. The summed E-state index contributed by atoms with van der Waals surface area (Å²) < 4.78 is 0. The minimum atomic E-state index is -0.506. The summed E-state index contributed by atoms with van der Waals surface area (Å²) in [5.74, 6) is -0.472. The Balaban J connectivity index is 2.21. The maximum atomic E-state index is 12.0. The number of carbonyl (C=O) groups is 3. The van der Waals surface area contributed by atoms with Gasteiger partial charge in [-0.05, 0) is 18.6 Å². The smallest absolute Gasteiger partial charge is 0.242 e. The molecule has 1 aliphatic rings. The van der Waals surface area contributed by atoms with E-state index in [0.29, 0.717) is 18.5 Å². The van der Waals surface area contributed by atoms with E-state index >= 15 is 0 Å². The van der Waals surface area contributed by atoms with Gasteiger partial charge in [0, 0.05) is 26.1 Å². The van der Waals surface area contributed by atoms with Crippen LogP contribution in [0.15, 0.2) is 30.3 Å². The van der Waals surface area contributed by atoms with E-state index < -0.39 is 6.04 Å². The Labute approximate surface area is 123 Å². The van der Waals surface area contributed by atoms with Gasteiger partial charge >= 0.3 is 0 Å². The van der Waals surface area contributed by atoms with Crippen LogP contribution in [0.5, 0.6) is 0 Å². The second-order valence-electron chi connectivity index (χ2n) is 4.96. The number of benzene rings is 1. The number of para-hydroxylation sites is 1. The molecule has 2 rings (SSSR count). The van der Waals surface area contributed by atoms with Crippen molar-refractivity contribution in [3.05, 3.63) is 30.3 Å². The summed E-state index contributed by atoms with van der Waals surface area (Å²) in [6, 6.07) is 8.61. The van der Waals surface area contributed by atoms with Crippen molar-refractivity contribution in [2.75, 3.05) is 18.6 Å². The van der Waals surface area contributed by atoms with Crippen LogP contribution in [0, 0.1) is 0 Å². The van der Waals surface area contributed by atoms with Crippen molar-refractivity contribution in [1.29, 1.82) is 0 Å². The first-order valence-corrected chi connectivity index (χ1v) is 6.89. The second-order valence-corrected chi connectivity index (χ2v) is 4.96. The summed E-state index contributed by atoms with van der Waals surface area (Å²) in [6.07, 6.45) is 0.817. The Morgan fingerprint density at radius 1 is 1.33 bits per heavy atom. The Morgan fingerprint density at radius 2 is 2.00 bits per heavy atom. The van der Waals surface area contributed by atoms with Crippen LogP contribution in [-0.4, -0.2) is 42.4 Å². The molecule has 1 aliphatic heterocycles. The van der Waals surface area contributed by atoms with E-state index in [9.17, 15) is 14.4 Å². The number of anilines is 1. The number of likely N-dealkylation sites (N-methyl/N-ethyl adjacent to an activating group) is 1. The fourth-order valence-electron chi connectivity index (χ4n) is 2.47. The number of carbonyl (C=O) groups excluding carboxylic acids is 3. The summed E-state index contributed by atoms with van der Waals surface area (Å²) in [6.45, 7) is 1.54. The molecule has 0 spiro atoms. The van der Waals surface area contributed by atoms with Crippen LogP contribution in [0.3, 0.4) is 0 Å². The van der Waals surface area contributed by atoms with Crippen LogP contribution in [0.1, 0.15) is 19.8 Å². The maximum absolute atomic E-state index is 12.0. The Kier molecular flexibility index (Phi) is 4.57. The van der Waals surface area contributed by atoms with Crippen LogP contribution >= 0.6 is 0 Å². The van der Waals surface area contributed by atoms with E-state index in [2.05, 4.69) is 5.32 Å². The van der Waals surface area contributed by atoms with E-state index in [0.717, 1.165) is 0 Å². The predicted molar refractivity (Wildman–Crippen MR) is 78.4 cm³/mol. The molecular formula is C15H19N3O3. The van der Waals surface area contributed by atoms with Gasteiger partial charge in [0.2, 0.25) is 17.7 Å². The zero-order valence-corrected chi connectivity index (χ0v) is 12.2. The molecule has 0 bridgehead atoms. The average Bonchev–Trinajstić information content (AvgIpc) is 2.85. The molecule has 21 heavy (non-hydrogen) atoms. The largest absolute Gasteiger partial charge is 0.357 e. The van der Waals surface area contributed by atoms with Gasteiger partial charge in [-0.3, -0.25) is 19.3 Å². The molecule has 1 aromatic rings. The Bertz CT molecular complexity index is 544. The number of hydrogen-bond donors (Lipinski definition) is 1. The third-order valence-electron chi connectivity index (χ3n) is 3.62. The molecule has 0 aliphatic carbocycles. The highest BCUT2D eigenvalue weighted by molar-refractivity contribution is 5.94. The van der Waals surface area contributed by atoms with Crippen LogP contribution in [-0.2, 0) is 14.4 Å². The van der Waals surface area contributed by atoms with Crippen LogP contribution in [0.25, 0.3) is 0 Å². The van der Waals surface area contributed by atoms with E-state index in [-0.39, 0.29) is 24.4 Å². The first-order chi connectivity index (χ1) is 10.0. The molecule has 1 aromatic carbocycles. The number of hydrogen-bond acceptors (Lipinski definition) is 3. The SMILES string of the molecule is CNC(=O)[C@@H]1CCC(=O)N1CN(C(C)=O)c1ccccc1. The van der Waals surface area contributed by atoms with Gasteiger partial charge in [-0.1, -0.05) is 18.2 Å². The minimum Gasteiger partial charge on any atom is -0.357 e. The summed E-state index contributed by atoms with van der Waals surface area (Å²) in [5.41, 5.74) is 0.709. The quantitative estimate of drug-likeness (QED) is 0.888. The van der Waals surface area contributed by atoms with Crippen molar-refractivity contribution in [1.82, 2.24) is 10.2 Å². The third kappa shape index (κ3) is 3.21. The highest BCUT2D eigenvalue weighted by Crippen LogP contribution is 2.22. The molecule has 0 saturated carbocycles. The predicted octanol–water partition coefficient (Wildman–Crippen LogP) is 0.734. The van der Waals surface area contributed by atoms with Crippen LogP contribution in [0.2, 0.25) is 0 Å². The van der Waals surface area contributed by atoms with Crippen molar-refractivity contribution in [3.63, 3.8) is 0 Å². The molecule has 6 heteroatoms. The van der Waals surface area contributed by atoms with Gasteiger partial charge < -0.3 is 10.2 Å². The lowest BCUT2D eigenvalue weighted by Crippen LogP contribution is -2.49. The maximum Gasteiger partial charge on any atom is 0.242 e. The number of nitrogens with zero attached hydrogens (tertiary/aromatic N) is 2. The molecule has 0 aromatic heterocycles. The fraction of sp³-hybridized carbons (Fsp3) is 0.400. The highest BCUT2D eigenvalue weighted by Gasteiger charge is 2.36. The van der Waals surface area contributed by atoms with E-state index in [1.165, 1.54) is 16.7 Å². The Hall–Kier alpha value is -2.37. The standard InChI is InChI=1S/C15H19N3O3/c1-11(19)17(12-6-4-3-5-7-12)10-18-13(15(21)16-2)8-9-14(18)20/h3-7,13H,8-10H2,1-2H3,(H,16,21)/t13-/m0/s1. The highest BCUT2D eigenvalue weighted by atomic mass is 16.2. The molecule has 112 valence electrons. The van der Waals surface area contributed by atoms with Gasteiger partial charge in [-0.15, -0.1) is 0 Å². The number of rotatable bonds is 4. The van der Waals surface area contributed by atoms with E-state index in [4.69, 9.17) is 0 Å². The lowest BCUT2D eigenvalue weighted by molar-refractivity contribution is -0.135. The van der Waals surface area contributed by atoms with Gasteiger partial charge in [-0.25, -0.2) is 0 Å². The van der Waals surface area contributed by atoms with Crippen molar-refractivity contribution in [3.8, 4) is 0 Å². The van der Waals surface area contributed by atoms with E-state index in [1.807, 2.05) is 18.2 Å². The topological polar surface area (TPSA) is 69.7 Å². The molecule has 6 nitrogen and oxygen atoms in total. The van der Waals surface area contributed by atoms with Gasteiger partial charge in [0.25, 0.3) is 0 Å². The molecule has 1 saturated heterocycles. The summed E-state index contributed by atoms with van der Waals surface area (Å²) >= 11 is 0. The second kappa shape index (κ2) is 6.39. The molecule has 1 atom stereocenters. The summed E-state index contributed by atoms with van der Waals surface area (Å²) in [4.78, 5) is 38.7. The van der Waals surface area contributed by atoms with Crippen molar-refractivity contribution in [2.45, 2.75) is 25.8 Å². The molecule has 1 N–H and O–H groups in total. The first-order valence-electron chi connectivity index (χ1n) is 6.89. The molecular weight excluding hydrogens is 270 g/mol. The van der Waals surface area contributed by atoms with Crippen LogP contribution < -0.4 is 10.2 Å². The monoisotopic (exact) mass is 289 g/mol. The molecule has 1 heterocycles. The van der Waals surface area contributed by atoms with Crippen molar-refractivity contribution >= 4 is 23.4 Å². The zero-order valence-electron chi connectivity index (χ0n) is 12.2. The van der Waals surface area contributed by atoms with E-state index in [1.54, 1.807) is 19.2 Å². The van der Waals surface area contributed by atoms with Crippen LogP contribution in [0.4, 0.5) is 5.69 Å². The average molecular weight is 289 g/mol.